The van der Waals surface area contributed by atoms with Crippen LogP contribution in [0.2, 0.25) is 0 Å². The molecule has 1 atom stereocenters. The summed E-state index contributed by atoms with van der Waals surface area (Å²) in [5.74, 6) is 0. The summed E-state index contributed by atoms with van der Waals surface area (Å²) in [6.45, 7) is 3.78. The number of benzene rings is 1. The van der Waals surface area contributed by atoms with Gasteiger partial charge in [0.1, 0.15) is 0 Å². The summed E-state index contributed by atoms with van der Waals surface area (Å²) in [4.78, 5) is 2.21. The first-order valence-electron chi connectivity index (χ1n) is 6.01. The highest BCUT2D eigenvalue weighted by molar-refractivity contribution is 7.89. The normalized spacial score (nSPS) is 12.8. The van der Waals surface area contributed by atoms with E-state index in [1.54, 1.807) is 30.4 Å². The lowest BCUT2D eigenvalue weighted by Crippen LogP contribution is -2.26. The molecule has 1 unspecified atom stereocenters. The molecule has 0 saturated heterocycles. The molecule has 0 bridgehead atoms. The van der Waals surface area contributed by atoms with E-state index in [9.17, 15) is 8.42 Å². The smallest absolute Gasteiger partial charge is 0.207 e. The van der Waals surface area contributed by atoms with E-state index in [1.807, 2.05) is 25.1 Å². The molecule has 0 aliphatic heterocycles. The Balaban J connectivity index is 2.25. The molecule has 4 nitrogen and oxygen atoms in total. The maximum Gasteiger partial charge on any atom is 0.241 e. The Morgan fingerprint density at radius 2 is 2.05 bits per heavy atom. The van der Waals surface area contributed by atoms with Crippen molar-refractivity contribution in [3.8, 4) is 6.07 Å². The molecule has 1 N–H and O–H groups in total. The summed E-state index contributed by atoms with van der Waals surface area (Å²) in [7, 11) is -3.63. The number of nitriles is 1. The largest absolute Gasteiger partial charge is 0.241 e. The van der Waals surface area contributed by atoms with Crippen molar-refractivity contribution in [3.63, 3.8) is 0 Å². The van der Waals surface area contributed by atoms with Crippen molar-refractivity contribution in [2.24, 2.45) is 0 Å². The zero-order chi connectivity index (χ0) is 14.8. The quantitative estimate of drug-likeness (QED) is 0.944. The lowest BCUT2D eigenvalue weighted by Gasteiger charge is -2.12. The molecule has 1 aromatic heterocycles. The van der Waals surface area contributed by atoms with Crippen molar-refractivity contribution >= 4 is 21.4 Å². The molecule has 0 saturated carbocycles. The van der Waals surface area contributed by atoms with Crippen LogP contribution in [-0.4, -0.2) is 8.42 Å². The summed E-state index contributed by atoms with van der Waals surface area (Å²) in [6.07, 6.45) is 0. The molecular weight excluding hydrogens is 292 g/mol. The highest BCUT2D eigenvalue weighted by Gasteiger charge is 2.19. The number of hydrogen-bond donors (Lipinski definition) is 1. The van der Waals surface area contributed by atoms with Gasteiger partial charge in [0.15, 0.2) is 0 Å². The number of thiophene rings is 1. The topological polar surface area (TPSA) is 70.0 Å². The van der Waals surface area contributed by atoms with E-state index in [1.165, 1.54) is 12.1 Å². The SMILES string of the molecule is Cc1ccc(C(C)NS(=O)(=O)c2cccc(C#N)c2)s1. The van der Waals surface area contributed by atoms with E-state index < -0.39 is 10.0 Å². The second kappa shape index (κ2) is 5.75. The number of nitrogens with zero attached hydrogens (tertiary/aromatic N) is 1. The minimum absolute atomic E-state index is 0.108. The molecule has 2 rings (SSSR count). The van der Waals surface area contributed by atoms with Gasteiger partial charge in [-0.3, -0.25) is 0 Å². The first-order chi connectivity index (χ1) is 9.42. The standard InChI is InChI=1S/C14H14N2O2S2/c1-10-6-7-14(19-10)11(2)16-20(17,18)13-5-3-4-12(8-13)9-15/h3-8,11,16H,1-2H3. The lowest BCUT2D eigenvalue weighted by atomic mass is 10.2. The van der Waals surface area contributed by atoms with E-state index in [0.717, 1.165) is 9.75 Å². The van der Waals surface area contributed by atoms with Crippen molar-refractivity contribution in [2.75, 3.05) is 0 Å². The predicted molar refractivity (Wildman–Crippen MR) is 78.9 cm³/mol. The molecule has 104 valence electrons. The van der Waals surface area contributed by atoms with Gasteiger partial charge in [-0.1, -0.05) is 6.07 Å². The van der Waals surface area contributed by atoms with E-state index in [0.29, 0.717) is 5.56 Å². The van der Waals surface area contributed by atoms with Crippen LogP contribution in [0.1, 0.15) is 28.3 Å². The Labute approximate surface area is 122 Å². The molecule has 6 heteroatoms. The Morgan fingerprint density at radius 1 is 1.30 bits per heavy atom. The van der Waals surface area contributed by atoms with Crippen molar-refractivity contribution in [1.29, 1.82) is 5.26 Å². The third kappa shape index (κ3) is 3.25. The number of aryl methyl sites for hydroxylation is 1. The van der Waals surface area contributed by atoms with E-state index >= 15 is 0 Å². The van der Waals surface area contributed by atoms with Gasteiger partial charge >= 0.3 is 0 Å². The summed E-state index contributed by atoms with van der Waals surface area (Å²) in [5, 5.41) is 8.83. The third-order valence-corrected chi connectivity index (χ3v) is 5.52. The molecular formula is C14H14N2O2S2. The Bertz CT molecular complexity index is 757. The Kier molecular flexibility index (Phi) is 4.23. The maximum atomic E-state index is 12.3. The minimum Gasteiger partial charge on any atom is -0.207 e. The molecule has 1 aromatic carbocycles. The van der Waals surface area contributed by atoms with Crippen molar-refractivity contribution in [3.05, 3.63) is 51.7 Å². The molecule has 0 fully saturated rings. The first kappa shape index (κ1) is 14.7. The fourth-order valence-electron chi connectivity index (χ4n) is 1.78. The highest BCUT2D eigenvalue weighted by Crippen LogP contribution is 2.24. The van der Waals surface area contributed by atoms with Crippen molar-refractivity contribution < 1.29 is 8.42 Å². The third-order valence-electron chi connectivity index (χ3n) is 2.79. The zero-order valence-electron chi connectivity index (χ0n) is 11.1. The minimum atomic E-state index is -3.63. The van der Waals surface area contributed by atoms with Gasteiger partial charge in [-0.15, -0.1) is 11.3 Å². The average molecular weight is 306 g/mol. The van der Waals surface area contributed by atoms with Crippen LogP contribution in [0.5, 0.6) is 0 Å². The van der Waals surface area contributed by atoms with Gasteiger partial charge in [0.2, 0.25) is 10.0 Å². The molecule has 1 heterocycles. The first-order valence-corrected chi connectivity index (χ1v) is 8.31. The van der Waals surface area contributed by atoms with Gasteiger partial charge in [-0.25, -0.2) is 13.1 Å². The van der Waals surface area contributed by atoms with Gasteiger partial charge in [-0.05, 0) is 44.2 Å². The molecule has 0 aliphatic carbocycles. The number of rotatable bonds is 4. The van der Waals surface area contributed by atoms with Crippen molar-refractivity contribution in [1.82, 2.24) is 4.72 Å². The van der Waals surface area contributed by atoms with Crippen LogP contribution in [0.15, 0.2) is 41.3 Å². The number of hydrogen-bond acceptors (Lipinski definition) is 4. The van der Waals surface area contributed by atoms with E-state index in [-0.39, 0.29) is 10.9 Å². The van der Waals surface area contributed by atoms with Crippen molar-refractivity contribution in [2.45, 2.75) is 24.8 Å². The fourth-order valence-corrected chi connectivity index (χ4v) is 4.00. The number of sulfonamides is 1. The predicted octanol–water partition coefficient (Wildman–Crippen LogP) is 2.97. The van der Waals surface area contributed by atoms with Crippen LogP contribution in [0.4, 0.5) is 0 Å². The van der Waals surface area contributed by atoms with Gasteiger partial charge in [-0.2, -0.15) is 5.26 Å². The molecule has 0 radical (unpaired) electrons. The monoisotopic (exact) mass is 306 g/mol. The zero-order valence-corrected chi connectivity index (χ0v) is 12.8. The van der Waals surface area contributed by atoms with Crippen LogP contribution in [0, 0.1) is 18.3 Å². The Hall–Kier alpha value is -1.68. The molecule has 0 amide bonds. The highest BCUT2D eigenvalue weighted by atomic mass is 32.2. The lowest BCUT2D eigenvalue weighted by molar-refractivity contribution is 0.568. The van der Waals surface area contributed by atoms with Crippen LogP contribution in [0.3, 0.4) is 0 Å². The summed E-state index contributed by atoms with van der Waals surface area (Å²) in [5.41, 5.74) is 0.326. The molecule has 0 aliphatic rings. The van der Waals surface area contributed by atoms with E-state index in [4.69, 9.17) is 5.26 Å². The second-order valence-electron chi connectivity index (χ2n) is 4.43. The van der Waals surface area contributed by atoms with Crippen LogP contribution in [-0.2, 0) is 10.0 Å². The summed E-state index contributed by atoms with van der Waals surface area (Å²) in [6, 6.07) is 11.5. The maximum absolute atomic E-state index is 12.3. The van der Waals surface area contributed by atoms with Crippen LogP contribution in [0.25, 0.3) is 0 Å². The summed E-state index contributed by atoms with van der Waals surface area (Å²) >= 11 is 1.56. The van der Waals surface area contributed by atoms with Gasteiger partial charge in [0, 0.05) is 9.75 Å². The average Bonchev–Trinajstić information content (AvgIpc) is 2.85. The molecule has 2 aromatic rings. The number of nitrogens with one attached hydrogen (secondary N) is 1. The molecule has 0 spiro atoms. The summed E-state index contributed by atoms with van der Waals surface area (Å²) < 4.78 is 27.2. The van der Waals surface area contributed by atoms with E-state index in [2.05, 4.69) is 4.72 Å². The fraction of sp³-hybridized carbons (Fsp3) is 0.214. The second-order valence-corrected chi connectivity index (χ2v) is 7.46. The van der Waals surface area contributed by atoms with Gasteiger partial charge < -0.3 is 0 Å². The van der Waals surface area contributed by atoms with Gasteiger partial charge in [0.25, 0.3) is 0 Å². The van der Waals surface area contributed by atoms with Gasteiger partial charge in [0.05, 0.1) is 22.6 Å². The molecule has 20 heavy (non-hydrogen) atoms. The van der Waals surface area contributed by atoms with Crippen LogP contribution < -0.4 is 4.72 Å². The van der Waals surface area contributed by atoms with Crippen LogP contribution >= 0.6 is 11.3 Å². The Morgan fingerprint density at radius 3 is 2.65 bits per heavy atom.